The minimum atomic E-state index is 0.513. The first-order valence-corrected chi connectivity index (χ1v) is 10.1. The SMILES string of the molecule is NNOC1I=I1. The van der Waals surface area contributed by atoms with Crippen LogP contribution in [0.4, 0.5) is 0 Å². The minimum Gasteiger partial charge on any atom is -0.263 e. The lowest BCUT2D eigenvalue weighted by molar-refractivity contribution is 0.0778. The zero-order valence-electron chi connectivity index (χ0n) is 2.82. The maximum atomic E-state index is 4.83. The molecule has 0 amide bonds. The third-order valence-electron chi connectivity index (χ3n) is 0.307. The summed E-state index contributed by atoms with van der Waals surface area (Å²) in [6, 6.07) is 0. The standard InChI is InChI=1S/CH4I2N2O/c4-5-6-1-2-3-1/h1,5H,4H2. The Morgan fingerprint density at radius 1 is 1.67 bits per heavy atom. The van der Waals surface area contributed by atoms with Crippen molar-refractivity contribution in [1.29, 1.82) is 0 Å². The molecule has 0 aromatic heterocycles. The molecule has 1 heterocycles. The Morgan fingerprint density at radius 3 is 2.50 bits per heavy atom. The normalized spacial score (nSPS) is 21.5. The van der Waals surface area contributed by atoms with Crippen molar-refractivity contribution in [2.75, 3.05) is 0 Å². The van der Waals surface area contributed by atoms with Crippen LogP contribution in [0.1, 0.15) is 0 Å². The van der Waals surface area contributed by atoms with Gasteiger partial charge in [-0.2, -0.15) is 0 Å². The molecule has 6 heavy (non-hydrogen) atoms. The van der Waals surface area contributed by atoms with E-state index < -0.39 is 0 Å². The molecular weight excluding hydrogens is 310 g/mol. The molecule has 1 aliphatic rings. The van der Waals surface area contributed by atoms with Gasteiger partial charge in [0.1, 0.15) is 0 Å². The van der Waals surface area contributed by atoms with Crippen LogP contribution >= 0.6 is 33.2 Å². The van der Waals surface area contributed by atoms with Crippen LogP contribution in [0.2, 0.25) is 0 Å². The highest BCUT2D eigenvalue weighted by atomic mass is 128. The lowest BCUT2D eigenvalue weighted by Crippen LogP contribution is -2.22. The van der Waals surface area contributed by atoms with E-state index in [9.17, 15) is 0 Å². The van der Waals surface area contributed by atoms with Gasteiger partial charge in [-0.3, -0.25) is 4.84 Å². The van der Waals surface area contributed by atoms with Crippen LogP contribution in [0, 0.1) is 0 Å². The van der Waals surface area contributed by atoms with E-state index in [0.717, 1.165) is 0 Å². The molecule has 0 aromatic carbocycles. The number of alkyl halides is 2. The van der Waals surface area contributed by atoms with Crippen LogP contribution in [0.5, 0.6) is 0 Å². The fraction of sp³-hybridized carbons (Fsp3) is 1.00. The average molecular weight is 314 g/mol. The number of nitrogens with one attached hydrogen (secondary N) is 1. The molecule has 0 saturated heterocycles. The molecule has 0 atom stereocenters. The average Bonchev–Trinajstić information content (AvgIpc) is 2.21. The molecule has 5 heteroatoms. The highest BCUT2D eigenvalue weighted by Crippen LogP contribution is 2.49. The lowest BCUT2D eigenvalue weighted by atomic mass is 11.7. The predicted octanol–water partition coefficient (Wildman–Crippen LogP) is 0.535. The van der Waals surface area contributed by atoms with Crippen molar-refractivity contribution in [3.63, 3.8) is 0 Å². The summed E-state index contributed by atoms with van der Waals surface area (Å²) in [4.78, 5) is 4.78. The molecule has 1 rings (SSSR count). The van der Waals surface area contributed by atoms with Gasteiger partial charge in [-0.1, -0.05) is 0 Å². The molecule has 3 nitrogen and oxygen atoms in total. The molecule has 38 valence electrons. The number of halogens is 2. The third-order valence-corrected chi connectivity index (χ3v) is 7.41. The number of hydrogen-bond donors (Lipinski definition) is 2. The van der Waals surface area contributed by atoms with Gasteiger partial charge in [-0.25, -0.2) is 5.84 Å². The molecule has 0 spiro atoms. The van der Waals surface area contributed by atoms with Crippen molar-refractivity contribution in [3.8, 4) is 0 Å². The van der Waals surface area contributed by atoms with E-state index in [-0.39, 0.29) is 0 Å². The van der Waals surface area contributed by atoms with E-state index >= 15 is 0 Å². The summed E-state index contributed by atoms with van der Waals surface area (Å²) in [5.41, 5.74) is 2.18. The van der Waals surface area contributed by atoms with E-state index in [0.29, 0.717) is 35.3 Å². The minimum absolute atomic E-state index is 0.513. The number of nitrogens with two attached hydrogens (primary N) is 1. The second-order valence-electron chi connectivity index (χ2n) is 0.661. The van der Waals surface area contributed by atoms with Gasteiger partial charge < -0.3 is 0 Å². The molecule has 0 bridgehead atoms. The smallest absolute Gasteiger partial charge is 0.181 e. The molecule has 0 unspecified atom stereocenters. The summed E-state index contributed by atoms with van der Waals surface area (Å²) in [5, 5.41) is 0. The van der Waals surface area contributed by atoms with Gasteiger partial charge in [0.25, 0.3) is 0 Å². The van der Waals surface area contributed by atoms with Crippen molar-refractivity contribution in [3.05, 3.63) is 0 Å². The number of hydrogen-bond acceptors (Lipinski definition) is 3. The highest BCUT2D eigenvalue weighted by molar-refractivity contribution is 14.9. The summed E-state index contributed by atoms with van der Waals surface area (Å²) < 4.78 is 0.632. The van der Waals surface area contributed by atoms with E-state index in [4.69, 9.17) is 10.7 Å². The lowest BCUT2D eigenvalue weighted by Gasteiger charge is -1.90. The van der Waals surface area contributed by atoms with E-state index in [1.165, 1.54) is 0 Å². The molecule has 3 N–H and O–H groups in total. The predicted molar refractivity (Wildman–Crippen MR) is 40.2 cm³/mol. The Balaban J connectivity index is 1.90. The van der Waals surface area contributed by atoms with Gasteiger partial charge >= 0.3 is 0 Å². The Morgan fingerprint density at radius 2 is 2.33 bits per heavy atom. The van der Waals surface area contributed by atoms with Gasteiger partial charge in [0.2, 0.25) is 0 Å². The Labute approximate surface area is 51.2 Å². The first-order chi connectivity index (χ1) is 2.93. The molecule has 0 saturated carbocycles. The topological polar surface area (TPSA) is 47.3 Å². The van der Waals surface area contributed by atoms with Gasteiger partial charge in [0, 0.05) is 0 Å². The second kappa shape index (κ2) is 2.60. The molecular formula is CH4I2N2O. The summed E-state index contributed by atoms with van der Waals surface area (Å²) in [7, 11) is 0. The maximum absolute atomic E-state index is 4.83. The second-order valence-corrected chi connectivity index (χ2v) is 12.6. The molecule has 1 aliphatic heterocycles. The number of hydrazine groups is 1. The fourth-order valence-corrected chi connectivity index (χ4v) is 2.74. The van der Waals surface area contributed by atoms with Crippen LogP contribution in [-0.2, 0) is 4.84 Å². The largest absolute Gasteiger partial charge is 0.263 e. The van der Waals surface area contributed by atoms with Gasteiger partial charge in [0.05, 0.1) is 0 Å². The first kappa shape index (κ1) is 5.48. The highest BCUT2D eigenvalue weighted by Gasteiger charge is 2.12. The van der Waals surface area contributed by atoms with Crippen molar-refractivity contribution < 1.29 is 4.84 Å². The van der Waals surface area contributed by atoms with E-state index in [1.54, 1.807) is 0 Å². The van der Waals surface area contributed by atoms with Crippen LogP contribution in [0.25, 0.3) is 0 Å². The summed E-state index contributed by atoms with van der Waals surface area (Å²) >= 11 is 1.03. The third kappa shape index (κ3) is 1.87. The molecule has 0 aliphatic carbocycles. The van der Waals surface area contributed by atoms with Crippen LogP contribution < -0.4 is 11.4 Å². The molecule has 0 radical (unpaired) electrons. The van der Waals surface area contributed by atoms with Crippen LogP contribution in [-0.4, -0.2) is 2.12 Å². The zero-order chi connectivity index (χ0) is 4.41. The molecule has 0 fully saturated rings. The maximum Gasteiger partial charge on any atom is 0.181 e. The fourth-order valence-electron chi connectivity index (χ4n) is 0.105. The van der Waals surface area contributed by atoms with E-state index in [1.807, 2.05) is 0 Å². The summed E-state index contributed by atoms with van der Waals surface area (Å²) in [6.45, 7) is 0. The summed E-state index contributed by atoms with van der Waals surface area (Å²) in [5.74, 6) is 4.83. The number of rotatable bonds is 2. The quantitative estimate of drug-likeness (QED) is 0.338. The van der Waals surface area contributed by atoms with Crippen molar-refractivity contribution >= 4 is 33.2 Å². The Kier molecular flexibility index (Phi) is 2.37. The van der Waals surface area contributed by atoms with Gasteiger partial charge in [-0.15, -0.1) is 5.59 Å². The zero-order valence-corrected chi connectivity index (χ0v) is 7.13. The van der Waals surface area contributed by atoms with E-state index in [2.05, 4.69) is 5.59 Å². The Hall–Kier alpha value is 1.34. The van der Waals surface area contributed by atoms with Crippen molar-refractivity contribution in [2.24, 2.45) is 5.84 Å². The van der Waals surface area contributed by atoms with Crippen LogP contribution in [0.15, 0.2) is 0 Å². The van der Waals surface area contributed by atoms with Crippen LogP contribution in [0.3, 0.4) is 0 Å². The van der Waals surface area contributed by atoms with Gasteiger partial charge in [0.15, 0.2) is 2.12 Å². The first-order valence-electron chi connectivity index (χ1n) is 1.31. The van der Waals surface area contributed by atoms with Crippen molar-refractivity contribution in [1.82, 2.24) is 5.59 Å². The summed E-state index contributed by atoms with van der Waals surface area (Å²) in [6.07, 6.45) is 0. The Bertz CT molecular complexity index is 67.9. The monoisotopic (exact) mass is 314 g/mol. The molecule has 0 aromatic rings. The van der Waals surface area contributed by atoms with Crippen molar-refractivity contribution in [2.45, 2.75) is 2.12 Å². The van der Waals surface area contributed by atoms with Gasteiger partial charge in [-0.05, 0) is 33.2 Å².